The van der Waals surface area contributed by atoms with Gasteiger partial charge in [-0.05, 0) is 31.9 Å². The Morgan fingerprint density at radius 1 is 1.25 bits per heavy atom. The van der Waals surface area contributed by atoms with Crippen LogP contribution in [0.2, 0.25) is 0 Å². The predicted molar refractivity (Wildman–Crippen MR) is 93.0 cm³/mol. The fourth-order valence-electron chi connectivity index (χ4n) is 2.85. The summed E-state index contributed by atoms with van der Waals surface area (Å²) in [5.74, 6) is 0.111. The summed E-state index contributed by atoms with van der Waals surface area (Å²) in [5.41, 5.74) is 1.51. The Hall–Kier alpha value is -1.87. The van der Waals surface area contributed by atoms with Gasteiger partial charge >= 0.3 is 0 Å². The third-order valence-corrected chi connectivity index (χ3v) is 6.36. The molecule has 3 rings (SSSR count). The molecule has 24 heavy (non-hydrogen) atoms. The third kappa shape index (κ3) is 3.62. The number of rotatable bonds is 6. The quantitative estimate of drug-likeness (QED) is 0.616. The van der Waals surface area contributed by atoms with Crippen molar-refractivity contribution in [1.29, 1.82) is 0 Å². The van der Waals surface area contributed by atoms with Crippen LogP contribution in [-0.4, -0.2) is 55.6 Å². The Bertz CT molecular complexity index is 725. The molecule has 8 nitrogen and oxygen atoms in total. The van der Waals surface area contributed by atoms with Gasteiger partial charge in [-0.2, -0.15) is 4.31 Å². The number of hydrogen-bond donors (Lipinski definition) is 1. The lowest BCUT2D eigenvalue weighted by atomic mass is 10.2. The van der Waals surface area contributed by atoms with Gasteiger partial charge in [0.05, 0.1) is 10.7 Å². The molecule has 1 saturated heterocycles. The van der Waals surface area contributed by atoms with E-state index in [-0.39, 0.29) is 16.4 Å². The van der Waals surface area contributed by atoms with Crippen molar-refractivity contribution in [2.75, 3.05) is 42.1 Å². The van der Waals surface area contributed by atoms with Crippen LogP contribution in [0, 0.1) is 10.1 Å². The minimum atomic E-state index is -3.16. The van der Waals surface area contributed by atoms with Crippen molar-refractivity contribution in [2.45, 2.75) is 25.8 Å². The highest BCUT2D eigenvalue weighted by Crippen LogP contribution is 2.34. The Morgan fingerprint density at radius 2 is 1.92 bits per heavy atom. The van der Waals surface area contributed by atoms with E-state index in [1.54, 1.807) is 19.1 Å². The van der Waals surface area contributed by atoms with Crippen LogP contribution < -0.4 is 10.2 Å². The molecule has 0 bridgehead atoms. The summed E-state index contributed by atoms with van der Waals surface area (Å²) in [5, 5.41) is 14.4. The SMILES string of the molecule is CCS(=O)(=O)N1CCN(c2ccc([N+](=O)[O-])c(NC3CC3)c2)CC1. The highest BCUT2D eigenvalue weighted by molar-refractivity contribution is 7.89. The number of nitro benzene ring substituents is 1. The molecular formula is C15H22N4O4S. The molecule has 1 aliphatic carbocycles. The van der Waals surface area contributed by atoms with Crippen molar-refractivity contribution >= 4 is 27.1 Å². The smallest absolute Gasteiger partial charge is 0.292 e. The summed E-state index contributed by atoms with van der Waals surface area (Å²) in [6, 6.07) is 5.39. The molecule has 2 fully saturated rings. The van der Waals surface area contributed by atoms with Crippen LogP contribution in [0.25, 0.3) is 0 Å². The van der Waals surface area contributed by atoms with E-state index in [4.69, 9.17) is 0 Å². The fourth-order valence-corrected chi connectivity index (χ4v) is 3.93. The van der Waals surface area contributed by atoms with Gasteiger partial charge in [-0.25, -0.2) is 8.42 Å². The summed E-state index contributed by atoms with van der Waals surface area (Å²) in [6.07, 6.45) is 2.07. The highest BCUT2D eigenvalue weighted by atomic mass is 32.2. The van der Waals surface area contributed by atoms with E-state index in [1.807, 2.05) is 0 Å². The van der Waals surface area contributed by atoms with Gasteiger partial charge in [0.15, 0.2) is 0 Å². The molecule has 0 radical (unpaired) electrons. The van der Waals surface area contributed by atoms with E-state index in [9.17, 15) is 18.5 Å². The number of benzene rings is 1. The zero-order valence-corrected chi connectivity index (χ0v) is 14.5. The third-order valence-electron chi connectivity index (χ3n) is 4.48. The lowest BCUT2D eigenvalue weighted by molar-refractivity contribution is -0.384. The van der Waals surface area contributed by atoms with Gasteiger partial charge in [0, 0.05) is 44.0 Å². The Balaban J connectivity index is 1.74. The van der Waals surface area contributed by atoms with Crippen LogP contribution in [0.5, 0.6) is 0 Å². The average molecular weight is 354 g/mol. The summed E-state index contributed by atoms with van der Waals surface area (Å²) < 4.78 is 25.4. The number of hydrogen-bond acceptors (Lipinski definition) is 6. The van der Waals surface area contributed by atoms with Crippen molar-refractivity contribution < 1.29 is 13.3 Å². The van der Waals surface area contributed by atoms with E-state index in [0.717, 1.165) is 18.5 Å². The fraction of sp³-hybridized carbons (Fsp3) is 0.600. The van der Waals surface area contributed by atoms with Gasteiger partial charge in [-0.1, -0.05) is 0 Å². The van der Waals surface area contributed by atoms with E-state index in [2.05, 4.69) is 10.2 Å². The van der Waals surface area contributed by atoms with Gasteiger partial charge < -0.3 is 10.2 Å². The van der Waals surface area contributed by atoms with Gasteiger partial charge in [-0.3, -0.25) is 10.1 Å². The van der Waals surface area contributed by atoms with Crippen LogP contribution in [0.3, 0.4) is 0 Å². The van der Waals surface area contributed by atoms with Crippen molar-refractivity contribution in [2.24, 2.45) is 0 Å². The molecule has 9 heteroatoms. The number of nitrogens with zero attached hydrogens (tertiary/aromatic N) is 3. The maximum Gasteiger partial charge on any atom is 0.292 e. The summed E-state index contributed by atoms with van der Waals surface area (Å²) in [4.78, 5) is 12.9. The van der Waals surface area contributed by atoms with Crippen LogP contribution >= 0.6 is 0 Å². The Morgan fingerprint density at radius 3 is 2.46 bits per heavy atom. The molecule has 0 atom stereocenters. The first-order valence-corrected chi connectivity index (χ1v) is 9.79. The standard InChI is InChI=1S/C15H22N4O4S/c1-2-24(22,23)18-9-7-17(8-10-18)13-5-6-15(19(20)21)14(11-13)16-12-3-4-12/h5-6,11-12,16H,2-4,7-10H2,1H3. The average Bonchev–Trinajstić information content (AvgIpc) is 3.38. The van der Waals surface area contributed by atoms with E-state index in [0.29, 0.717) is 37.9 Å². The lowest BCUT2D eigenvalue weighted by Crippen LogP contribution is -2.49. The van der Waals surface area contributed by atoms with Crippen LogP contribution in [0.15, 0.2) is 18.2 Å². The minimum Gasteiger partial charge on any atom is -0.377 e. The molecule has 0 unspecified atom stereocenters. The van der Waals surface area contributed by atoms with Gasteiger partial charge in [0.1, 0.15) is 5.69 Å². The second-order valence-corrected chi connectivity index (χ2v) is 8.42. The number of nitrogens with one attached hydrogen (secondary N) is 1. The number of piperazine rings is 1. The Labute approximate surface area is 141 Å². The van der Waals surface area contributed by atoms with Crippen molar-refractivity contribution in [3.05, 3.63) is 28.3 Å². The van der Waals surface area contributed by atoms with E-state index in [1.165, 1.54) is 10.4 Å². The lowest BCUT2D eigenvalue weighted by Gasteiger charge is -2.35. The molecule has 0 spiro atoms. The molecule has 1 aromatic carbocycles. The topological polar surface area (TPSA) is 95.8 Å². The monoisotopic (exact) mass is 354 g/mol. The molecule has 0 amide bonds. The van der Waals surface area contributed by atoms with Crippen LogP contribution in [0.1, 0.15) is 19.8 Å². The van der Waals surface area contributed by atoms with Crippen molar-refractivity contribution in [3.8, 4) is 0 Å². The van der Waals surface area contributed by atoms with Crippen molar-refractivity contribution in [3.63, 3.8) is 0 Å². The summed E-state index contributed by atoms with van der Waals surface area (Å²) >= 11 is 0. The first-order valence-electron chi connectivity index (χ1n) is 8.18. The van der Waals surface area contributed by atoms with Gasteiger partial charge in [0.2, 0.25) is 10.0 Å². The second-order valence-electron chi connectivity index (χ2n) is 6.16. The molecule has 1 aromatic rings. The number of anilines is 2. The molecular weight excluding hydrogens is 332 g/mol. The zero-order valence-electron chi connectivity index (χ0n) is 13.6. The number of nitro groups is 1. The van der Waals surface area contributed by atoms with Crippen LogP contribution in [0.4, 0.5) is 17.1 Å². The first kappa shape index (κ1) is 17.0. The Kier molecular flexibility index (Phi) is 4.64. The molecule has 2 aliphatic rings. The minimum absolute atomic E-state index is 0.0813. The van der Waals surface area contributed by atoms with Crippen LogP contribution in [-0.2, 0) is 10.0 Å². The second kappa shape index (κ2) is 6.56. The normalized spacial score (nSPS) is 19.3. The van der Waals surface area contributed by atoms with Gasteiger partial charge in [-0.15, -0.1) is 0 Å². The molecule has 132 valence electrons. The maximum atomic E-state index is 11.9. The predicted octanol–water partition coefficient (Wildman–Crippen LogP) is 1.64. The number of sulfonamides is 1. The van der Waals surface area contributed by atoms with E-state index < -0.39 is 10.0 Å². The molecule has 0 aromatic heterocycles. The molecule has 1 heterocycles. The molecule has 1 N–H and O–H groups in total. The molecule has 1 saturated carbocycles. The zero-order chi connectivity index (χ0) is 17.3. The molecule has 1 aliphatic heterocycles. The first-order chi connectivity index (χ1) is 11.4. The van der Waals surface area contributed by atoms with Crippen molar-refractivity contribution in [1.82, 2.24) is 4.31 Å². The summed E-state index contributed by atoms with van der Waals surface area (Å²) in [7, 11) is -3.16. The summed E-state index contributed by atoms with van der Waals surface area (Å²) in [6.45, 7) is 3.70. The maximum absolute atomic E-state index is 11.9. The highest BCUT2D eigenvalue weighted by Gasteiger charge is 2.28. The largest absolute Gasteiger partial charge is 0.377 e. The van der Waals surface area contributed by atoms with Gasteiger partial charge in [0.25, 0.3) is 5.69 Å². The van der Waals surface area contributed by atoms with E-state index >= 15 is 0 Å².